The van der Waals surface area contributed by atoms with Crippen molar-refractivity contribution in [1.29, 1.82) is 0 Å². The molecule has 3 aromatic heterocycles. The predicted molar refractivity (Wildman–Crippen MR) is 92.9 cm³/mol. The van der Waals surface area contributed by atoms with Crippen molar-refractivity contribution in [3.63, 3.8) is 0 Å². The van der Waals surface area contributed by atoms with E-state index < -0.39 is 5.97 Å². The molecule has 8 nitrogen and oxygen atoms in total. The van der Waals surface area contributed by atoms with E-state index in [2.05, 4.69) is 20.2 Å². The number of hydrogen-bond donors (Lipinski definition) is 0. The molecule has 4 rings (SSSR count). The lowest BCUT2D eigenvalue weighted by atomic mass is 10.3. The van der Waals surface area contributed by atoms with Crippen LogP contribution in [0.2, 0.25) is 0 Å². The predicted octanol–water partition coefficient (Wildman–Crippen LogP) is 2.28. The lowest BCUT2D eigenvalue weighted by Crippen LogP contribution is -2.07. The van der Waals surface area contributed by atoms with E-state index in [-0.39, 0.29) is 12.4 Å². The Labute approximate surface area is 149 Å². The van der Waals surface area contributed by atoms with Crippen LogP contribution in [0.4, 0.5) is 0 Å². The van der Waals surface area contributed by atoms with Crippen molar-refractivity contribution in [2.24, 2.45) is 0 Å². The zero-order valence-electron chi connectivity index (χ0n) is 14.3. The number of aryl methyl sites for hydroxylation is 2. The third-order valence-electron chi connectivity index (χ3n) is 3.83. The molecule has 0 radical (unpaired) electrons. The molecule has 3 heterocycles. The van der Waals surface area contributed by atoms with Crippen molar-refractivity contribution in [3.8, 4) is 5.69 Å². The Balaban J connectivity index is 1.48. The quantitative estimate of drug-likeness (QED) is 0.526. The van der Waals surface area contributed by atoms with Gasteiger partial charge in [-0.3, -0.25) is 0 Å². The smallest absolute Gasteiger partial charge is 0.378 e. The van der Waals surface area contributed by atoms with Gasteiger partial charge in [0.25, 0.3) is 11.6 Å². The van der Waals surface area contributed by atoms with E-state index in [4.69, 9.17) is 4.74 Å². The number of para-hydroxylation sites is 1. The zero-order valence-corrected chi connectivity index (χ0v) is 14.3. The Morgan fingerprint density at radius 3 is 2.77 bits per heavy atom. The first kappa shape index (κ1) is 15.9. The van der Waals surface area contributed by atoms with Gasteiger partial charge in [0.2, 0.25) is 0 Å². The second kappa shape index (κ2) is 6.40. The minimum Gasteiger partial charge on any atom is -0.455 e. The van der Waals surface area contributed by atoms with Gasteiger partial charge < -0.3 is 4.74 Å². The fourth-order valence-electron chi connectivity index (χ4n) is 2.62. The van der Waals surface area contributed by atoms with Crippen LogP contribution in [0.25, 0.3) is 11.5 Å². The van der Waals surface area contributed by atoms with Gasteiger partial charge in [-0.2, -0.15) is 10.1 Å². The second-order valence-corrected chi connectivity index (χ2v) is 5.89. The van der Waals surface area contributed by atoms with Crippen LogP contribution in [-0.2, 0) is 11.3 Å². The van der Waals surface area contributed by atoms with Gasteiger partial charge in [0, 0.05) is 23.1 Å². The summed E-state index contributed by atoms with van der Waals surface area (Å²) in [6.45, 7) is 3.83. The number of carbonyl (C=O) groups is 1. The van der Waals surface area contributed by atoms with E-state index in [1.807, 2.05) is 56.4 Å². The maximum atomic E-state index is 12.2. The maximum absolute atomic E-state index is 12.2. The standard InChI is InChI=1S/C18H16N6O2/c1-12-8-13(2)24-18(20-12)21-16(22-24)17(25)26-11-14-9-19-23(10-14)15-6-4-3-5-7-15/h3-10H,11H2,1-2H3. The van der Waals surface area contributed by atoms with Crippen molar-refractivity contribution < 1.29 is 9.53 Å². The van der Waals surface area contributed by atoms with Crippen molar-refractivity contribution in [1.82, 2.24) is 29.4 Å². The molecule has 0 aliphatic heterocycles. The van der Waals surface area contributed by atoms with Gasteiger partial charge in [-0.1, -0.05) is 18.2 Å². The molecule has 0 spiro atoms. The van der Waals surface area contributed by atoms with Gasteiger partial charge in [-0.15, -0.1) is 5.10 Å². The molecule has 130 valence electrons. The van der Waals surface area contributed by atoms with Crippen molar-refractivity contribution >= 4 is 11.7 Å². The first-order valence-corrected chi connectivity index (χ1v) is 8.07. The van der Waals surface area contributed by atoms with Crippen LogP contribution in [0, 0.1) is 13.8 Å². The van der Waals surface area contributed by atoms with Gasteiger partial charge >= 0.3 is 5.97 Å². The lowest BCUT2D eigenvalue weighted by Gasteiger charge is -2.00. The molecule has 0 unspecified atom stereocenters. The summed E-state index contributed by atoms with van der Waals surface area (Å²) in [4.78, 5) is 20.7. The van der Waals surface area contributed by atoms with Gasteiger partial charge in [0.1, 0.15) is 6.61 Å². The van der Waals surface area contributed by atoms with E-state index in [0.717, 1.165) is 22.6 Å². The average Bonchev–Trinajstić information content (AvgIpc) is 3.27. The average molecular weight is 348 g/mol. The Bertz CT molecular complexity index is 1080. The molecule has 4 aromatic rings. The number of hydrogen-bond acceptors (Lipinski definition) is 6. The third kappa shape index (κ3) is 3.04. The largest absolute Gasteiger partial charge is 0.455 e. The summed E-state index contributed by atoms with van der Waals surface area (Å²) >= 11 is 0. The van der Waals surface area contributed by atoms with Gasteiger partial charge in [0.15, 0.2) is 0 Å². The van der Waals surface area contributed by atoms with E-state index in [1.165, 1.54) is 4.52 Å². The molecule has 0 atom stereocenters. The summed E-state index contributed by atoms with van der Waals surface area (Å²) in [6.07, 6.45) is 3.47. The molecular formula is C18H16N6O2. The molecule has 1 aromatic carbocycles. The topological polar surface area (TPSA) is 87.2 Å². The summed E-state index contributed by atoms with van der Waals surface area (Å²) in [5.41, 5.74) is 3.37. The van der Waals surface area contributed by atoms with E-state index in [0.29, 0.717) is 5.78 Å². The van der Waals surface area contributed by atoms with Gasteiger partial charge in [-0.25, -0.2) is 19.0 Å². The number of rotatable bonds is 4. The maximum Gasteiger partial charge on any atom is 0.378 e. The Morgan fingerprint density at radius 1 is 1.15 bits per heavy atom. The number of benzene rings is 1. The SMILES string of the molecule is Cc1cc(C)n2nc(C(=O)OCc3cnn(-c4ccccc4)c3)nc2n1. The minimum atomic E-state index is -0.597. The van der Waals surface area contributed by atoms with Crippen molar-refractivity contribution in [2.45, 2.75) is 20.5 Å². The summed E-state index contributed by atoms with van der Waals surface area (Å²) in [7, 11) is 0. The molecule has 8 heteroatoms. The Hall–Kier alpha value is -3.55. The number of fused-ring (bicyclic) bond motifs is 1. The third-order valence-corrected chi connectivity index (χ3v) is 3.83. The van der Waals surface area contributed by atoms with E-state index in [9.17, 15) is 4.79 Å². The van der Waals surface area contributed by atoms with Crippen LogP contribution in [-0.4, -0.2) is 35.3 Å². The Kier molecular flexibility index (Phi) is 3.92. The van der Waals surface area contributed by atoms with Crippen molar-refractivity contribution in [3.05, 3.63) is 71.6 Å². The molecule has 0 aliphatic rings. The van der Waals surface area contributed by atoms with Gasteiger partial charge in [-0.05, 0) is 32.0 Å². The number of aromatic nitrogens is 6. The fourth-order valence-corrected chi connectivity index (χ4v) is 2.62. The highest BCUT2D eigenvalue weighted by molar-refractivity contribution is 5.85. The summed E-state index contributed by atoms with van der Waals surface area (Å²) in [5, 5.41) is 8.44. The summed E-state index contributed by atoms with van der Waals surface area (Å²) in [5.74, 6) is -0.229. The van der Waals surface area contributed by atoms with Crippen LogP contribution >= 0.6 is 0 Å². The number of ether oxygens (including phenoxy) is 1. The van der Waals surface area contributed by atoms with Crippen LogP contribution < -0.4 is 0 Å². The Morgan fingerprint density at radius 2 is 1.96 bits per heavy atom. The molecule has 0 saturated carbocycles. The molecule has 0 N–H and O–H groups in total. The molecule has 0 aliphatic carbocycles. The first-order chi connectivity index (χ1) is 12.6. The van der Waals surface area contributed by atoms with Crippen LogP contribution in [0.5, 0.6) is 0 Å². The highest BCUT2D eigenvalue weighted by Crippen LogP contribution is 2.10. The lowest BCUT2D eigenvalue weighted by molar-refractivity contribution is 0.0458. The molecular weight excluding hydrogens is 332 g/mol. The summed E-state index contributed by atoms with van der Waals surface area (Å²) in [6, 6.07) is 11.6. The van der Waals surface area contributed by atoms with Crippen LogP contribution in [0.3, 0.4) is 0 Å². The molecule has 0 bridgehead atoms. The summed E-state index contributed by atoms with van der Waals surface area (Å²) < 4.78 is 8.55. The minimum absolute atomic E-state index is 0.0124. The highest BCUT2D eigenvalue weighted by Gasteiger charge is 2.17. The molecule has 26 heavy (non-hydrogen) atoms. The van der Waals surface area contributed by atoms with Gasteiger partial charge in [0.05, 0.1) is 11.9 Å². The van der Waals surface area contributed by atoms with E-state index in [1.54, 1.807) is 10.9 Å². The van der Waals surface area contributed by atoms with Crippen molar-refractivity contribution in [2.75, 3.05) is 0 Å². The second-order valence-electron chi connectivity index (χ2n) is 5.89. The van der Waals surface area contributed by atoms with E-state index >= 15 is 0 Å². The molecule has 0 amide bonds. The monoisotopic (exact) mass is 348 g/mol. The zero-order chi connectivity index (χ0) is 18.1. The number of carbonyl (C=O) groups excluding carboxylic acids is 1. The normalized spacial score (nSPS) is 11.0. The molecule has 0 saturated heterocycles. The first-order valence-electron chi connectivity index (χ1n) is 8.07. The molecule has 0 fully saturated rings. The highest BCUT2D eigenvalue weighted by atomic mass is 16.5. The number of nitrogens with zero attached hydrogens (tertiary/aromatic N) is 6. The number of esters is 1. The van der Waals surface area contributed by atoms with Crippen LogP contribution in [0.1, 0.15) is 27.6 Å². The van der Waals surface area contributed by atoms with Crippen LogP contribution in [0.15, 0.2) is 48.8 Å². The fraction of sp³-hybridized carbons (Fsp3) is 0.167.